The number of thiophene rings is 1. The van der Waals surface area contributed by atoms with Crippen molar-refractivity contribution in [3.63, 3.8) is 0 Å². The zero-order chi connectivity index (χ0) is 15.7. The Morgan fingerprint density at radius 2 is 2.05 bits per heavy atom. The van der Waals surface area contributed by atoms with Gasteiger partial charge >= 0.3 is 0 Å². The Balaban J connectivity index is 1.95. The number of pyridine rings is 1. The van der Waals surface area contributed by atoms with Crippen LogP contribution < -0.4 is 16.8 Å². The van der Waals surface area contributed by atoms with E-state index < -0.39 is 5.91 Å². The van der Waals surface area contributed by atoms with Gasteiger partial charge in [0.15, 0.2) is 0 Å². The molecule has 0 spiro atoms. The highest BCUT2D eigenvalue weighted by atomic mass is 32.1. The smallest absolute Gasteiger partial charge is 0.260 e. The van der Waals surface area contributed by atoms with Crippen LogP contribution in [0.5, 0.6) is 0 Å². The number of aromatic nitrogens is 1. The highest BCUT2D eigenvalue weighted by Crippen LogP contribution is 2.38. The Bertz CT molecular complexity index is 754. The van der Waals surface area contributed by atoms with Crippen molar-refractivity contribution in [3.8, 4) is 0 Å². The lowest BCUT2D eigenvalue weighted by Gasteiger charge is -2.11. The summed E-state index contributed by atoms with van der Waals surface area (Å²) in [6, 6.07) is 3.23. The molecule has 2 aromatic heterocycles. The molecule has 2 heterocycles. The van der Waals surface area contributed by atoms with E-state index in [1.165, 1.54) is 17.5 Å². The number of nitrogen functional groups attached to an aromatic ring is 1. The Labute approximate surface area is 131 Å². The normalized spacial score (nSPS) is 13.5. The zero-order valence-electron chi connectivity index (χ0n) is 11.9. The van der Waals surface area contributed by atoms with Crippen LogP contribution in [0.2, 0.25) is 0 Å². The van der Waals surface area contributed by atoms with Gasteiger partial charge in [0.05, 0.1) is 11.1 Å². The number of rotatable bonds is 3. The van der Waals surface area contributed by atoms with Gasteiger partial charge in [-0.05, 0) is 43.4 Å². The fourth-order valence-corrected chi connectivity index (χ4v) is 3.98. The van der Waals surface area contributed by atoms with Gasteiger partial charge in [0.1, 0.15) is 10.8 Å². The van der Waals surface area contributed by atoms with Crippen LogP contribution >= 0.6 is 11.3 Å². The Hall–Kier alpha value is -2.41. The lowest BCUT2D eigenvalue weighted by Crippen LogP contribution is -2.19. The second kappa shape index (κ2) is 5.76. The molecular weight excluding hydrogens is 300 g/mol. The predicted molar refractivity (Wildman–Crippen MR) is 86.1 cm³/mol. The standard InChI is InChI=1S/C15H16N4O2S/c16-12-9(5-3-7-18-12)14(21)19-15-11(13(17)20)8-4-1-2-6-10(8)22-15/h3,5,7H,1-2,4,6H2,(H2,16,18)(H2,17,20)(H,19,21). The van der Waals surface area contributed by atoms with Crippen molar-refractivity contribution in [2.45, 2.75) is 25.7 Å². The quantitative estimate of drug-likeness (QED) is 0.803. The van der Waals surface area contributed by atoms with Crippen LogP contribution in [-0.4, -0.2) is 16.8 Å². The molecule has 0 radical (unpaired) electrons. The third-order valence-electron chi connectivity index (χ3n) is 3.73. The van der Waals surface area contributed by atoms with Crippen molar-refractivity contribution >= 4 is 34.0 Å². The van der Waals surface area contributed by atoms with E-state index in [1.807, 2.05) is 0 Å². The molecule has 0 unspecified atom stereocenters. The summed E-state index contributed by atoms with van der Waals surface area (Å²) in [4.78, 5) is 29.2. The molecule has 0 saturated carbocycles. The number of carbonyl (C=O) groups is 2. The first-order valence-electron chi connectivity index (χ1n) is 7.04. The molecule has 0 saturated heterocycles. The molecule has 3 rings (SSSR count). The van der Waals surface area contributed by atoms with Crippen molar-refractivity contribution in [1.29, 1.82) is 0 Å². The van der Waals surface area contributed by atoms with Crippen LogP contribution in [0.1, 0.15) is 44.0 Å². The number of fused-ring (bicyclic) bond motifs is 1. The number of carbonyl (C=O) groups excluding carboxylic acids is 2. The summed E-state index contributed by atoms with van der Waals surface area (Å²) in [5, 5.41) is 3.27. The van der Waals surface area contributed by atoms with Gasteiger partial charge in [-0.1, -0.05) is 0 Å². The monoisotopic (exact) mass is 316 g/mol. The maximum Gasteiger partial charge on any atom is 0.260 e. The van der Waals surface area contributed by atoms with E-state index in [-0.39, 0.29) is 17.3 Å². The number of amides is 2. The molecule has 0 atom stereocenters. The highest BCUT2D eigenvalue weighted by molar-refractivity contribution is 7.17. The average molecular weight is 316 g/mol. The molecule has 6 nitrogen and oxygen atoms in total. The van der Waals surface area contributed by atoms with Gasteiger partial charge in [-0.3, -0.25) is 9.59 Å². The van der Waals surface area contributed by atoms with Crippen LogP contribution in [0.3, 0.4) is 0 Å². The number of hydrogen-bond donors (Lipinski definition) is 3. The number of hydrogen-bond acceptors (Lipinski definition) is 5. The second-order valence-electron chi connectivity index (χ2n) is 5.17. The SMILES string of the molecule is NC(=O)c1c(NC(=O)c2cccnc2N)sc2c1CCCC2. The first kappa shape index (κ1) is 14.5. The topological polar surface area (TPSA) is 111 Å². The van der Waals surface area contributed by atoms with Gasteiger partial charge in [0.2, 0.25) is 0 Å². The van der Waals surface area contributed by atoms with E-state index in [0.717, 1.165) is 36.1 Å². The van der Waals surface area contributed by atoms with Gasteiger partial charge in [-0.15, -0.1) is 11.3 Å². The maximum atomic E-state index is 12.3. The number of anilines is 2. The maximum absolute atomic E-state index is 12.3. The lowest BCUT2D eigenvalue weighted by atomic mass is 9.95. The van der Waals surface area contributed by atoms with Gasteiger partial charge in [-0.2, -0.15) is 0 Å². The van der Waals surface area contributed by atoms with Gasteiger partial charge in [0, 0.05) is 11.1 Å². The minimum absolute atomic E-state index is 0.155. The molecule has 7 heteroatoms. The zero-order valence-corrected chi connectivity index (χ0v) is 12.7. The molecule has 2 aromatic rings. The fraction of sp³-hybridized carbons (Fsp3) is 0.267. The van der Waals surface area contributed by atoms with Crippen molar-refractivity contribution in [2.24, 2.45) is 5.73 Å². The minimum atomic E-state index is -0.506. The van der Waals surface area contributed by atoms with E-state index in [1.54, 1.807) is 12.1 Å². The third kappa shape index (κ3) is 2.55. The summed E-state index contributed by atoms with van der Waals surface area (Å²) in [5.41, 5.74) is 12.9. The van der Waals surface area contributed by atoms with E-state index >= 15 is 0 Å². The summed E-state index contributed by atoms with van der Waals surface area (Å²) >= 11 is 1.43. The molecule has 0 fully saturated rings. The summed E-state index contributed by atoms with van der Waals surface area (Å²) in [6.07, 6.45) is 5.40. The number of nitrogens with one attached hydrogen (secondary N) is 1. The van der Waals surface area contributed by atoms with Gasteiger partial charge in [0.25, 0.3) is 11.8 Å². The molecule has 0 aliphatic heterocycles. The number of aryl methyl sites for hydroxylation is 1. The summed E-state index contributed by atoms with van der Waals surface area (Å²) in [7, 11) is 0. The molecule has 114 valence electrons. The second-order valence-corrected chi connectivity index (χ2v) is 6.27. The molecule has 1 aliphatic carbocycles. The van der Waals surface area contributed by atoms with E-state index in [4.69, 9.17) is 11.5 Å². The van der Waals surface area contributed by atoms with Crippen LogP contribution in [0.25, 0.3) is 0 Å². The first-order chi connectivity index (χ1) is 10.6. The minimum Gasteiger partial charge on any atom is -0.383 e. The predicted octanol–water partition coefficient (Wildman–Crippen LogP) is 1.96. The van der Waals surface area contributed by atoms with Gasteiger partial charge < -0.3 is 16.8 Å². The Kier molecular flexibility index (Phi) is 3.81. The van der Waals surface area contributed by atoms with Gasteiger partial charge in [-0.25, -0.2) is 4.98 Å². The van der Waals surface area contributed by atoms with Crippen molar-refractivity contribution < 1.29 is 9.59 Å². The largest absolute Gasteiger partial charge is 0.383 e. The molecule has 22 heavy (non-hydrogen) atoms. The molecular formula is C15H16N4O2S. The van der Waals surface area contributed by atoms with E-state index in [0.29, 0.717) is 10.6 Å². The molecule has 2 amide bonds. The van der Waals surface area contributed by atoms with E-state index in [9.17, 15) is 9.59 Å². The Morgan fingerprint density at radius 1 is 1.27 bits per heavy atom. The van der Waals surface area contributed by atoms with Crippen LogP contribution in [0.15, 0.2) is 18.3 Å². The van der Waals surface area contributed by atoms with Crippen LogP contribution in [-0.2, 0) is 12.8 Å². The van der Waals surface area contributed by atoms with E-state index in [2.05, 4.69) is 10.3 Å². The molecule has 1 aliphatic rings. The summed E-state index contributed by atoms with van der Waals surface area (Å²) < 4.78 is 0. The van der Waals surface area contributed by atoms with Crippen LogP contribution in [0.4, 0.5) is 10.8 Å². The first-order valence-corrected chi connectivity index (χ1v) is 7.85. The molecule has 5 N–H and O–H groups in total. The third-order valence-corrected chi connectivity index (χ3v) is 4.94. The van der Waals surface area contributed by atoms with Crippen molar-refractivity contribution in [3.05, 3.63) is 39.9 Å². The lowest BCUT2D eigenvalue weighted by molar-refractivity contribution is 0.100. The number of nitrogens with two attached hydrogens (primary N) is 2. The van der Waals surface area contributed by atoms with Crippen LogP contribution in [0, 0.1) is 0 Å². The summed E-state index contributed by atoms with van der Waals surface area (Å²) in [5.74, 6) is -0.734. The molecule has 0 bridgehead atoms. The fourth-order valence-electron chi connectivity index (χ4n) is 2.69. The Morgan fingerprint density at radius 3 is 2.77 bits per heavy atom. The van der Waals surface area contributed by atoms with Crippen molar-refractivity contribution in [2.75, 3.05) is 11.1 Å². The number of primary amides is 1. The average Bonchev–Trinajstić information content (AvgIpc) is 2.85. The highest BCUT2D eigenvalue weighted by Gasteiger charge is 2.25. The summed E-state index contributed by atoms with van der Waals surface area (Å²) in [6.45, 7) is 0. The molecule has 0 aromatic carbocycles. The number of nitrogens with zero attached hydrogens (tertiary/aromatic N) is 1. The van der Waals surface area contributed by atoms with Crippen molar-refractivity contribution in [1.82, 2.24) is 4.98 Å².